The van der Waals surface area contributed by atoms with Gasteiger partial charge in [0.2, 0.25) is 5.91 Å². The maximum Gasteiger partial charge on any atom is 0.316 e. The highest BCUT2D eigenvalue weighted by Gasteiger charge is 2.41. The summed E-state index contributed by atoms with van der Waals surface area (Å²) in [5.41, 5.74) is 6.66. The molecule has 1 aliphatic carbocycles. The molecule has 0 aliphatic heterocycles. The number of hydrogen-bond donors (Lipinski definition) is 4. The molecule has 0 radical (unpaired) electrons. The van der Waals surface area contributed by atoms with E-state index in [-0.39, 0.29) is 12.1 Å². The van der Waals surface area contributed by atoms with Crippen LogP contribution in [0.5, 0.6) is 0 Å². The molecule has 1 aromatic heterocycles. The monoisotopic (exact) mass is 314 g/mol. The van der Waals surface area contributed by atoms with Crippen molar-refractivity contribution in [1.82, 2.24) is 15.6 Å². The second kappa shape index (κ2) is 5.95. The number of benzene rings is 1. The Labute approximate surface area is 134 Å². The van der Waals surface area contributed by atoms with Crippen molar-refractivity contribution in [2.75, 3.05) is 0 Å². The Balaban J connectivity index is 1.68. The van der Waals surface area contributed by atoms with E-state index in [0.717, 1.165) is 29.3 Å². The van der Waals surface area contributed by atoms with Crippen LogP contribution in [-0.2, 0) is 4.79 Å². The average molecular weight is 314 g/mol. The zero-order chi connectivity index (χ0) is 16.4. The molecule has 6 nitrogen and oxygen atoms in total. The molecule has 1 fully saturated rings. The van der Waals surface area contributed by atoms with Gasteiger partial charge in [-0.15, -0.1) is 0 Å². The van der Waals surface area contributed by atoms with Crippen LogP contribution < -0.4 is 16.4 Å². The molecule has 2 aromatic rings. The van der Waals surface area contributed by atoms with E-state index in [9.17, 15) is 9.59 Å². The van der Waals surface area contributed by atoms with Gasteiger partial charge in [-0.2, -0.15) is 0 Å². The number of amides is 3. The van der Waals surface area contributed by atoms with Crippen LogP contribution in [0.2, 0.25) is 0 Å². The molecule has 6 heteroatoms. The predicted octanol–water partition coefficient (Wildman–Crippen LogP) is 2.33. The number of rotatable bonds is 4. The van der Waals surface area contributed by atoms with E-state index in [1.165, 1.54) is 0 Å². The molecule has 0 spiro atoms. The quantitative estimate of drug-likeness (QED) is 0.696. The topological polar surface area (TPSA) is 100 Å². The average Bonchev–Trinajstić information content (AvgIpc) is 3.15. The Morgan fingerprint density at radius 2 is 2.00 bits per heavy atom. The highest BCUT2D eigenvalue weighted by molar-refractivity contribution is 5.90. The molecule has 1 aromatic carbocycles. The number of carbonyl (C=O) groups is 2. The van der Waals surface area contributed by atoms with Crippen molar-refractivity contribution in [3.05, 3.63) is 36.0 Å². The van der Waals surface area contributed by atoms with E-state index in [1.54, 1.807) is 0 Å². The zero-order valence-corrected chi connectivity index (χ0v) is 13.2. The van der Waals surface area contributed by atoms with E-state index in [0.29, 0.717) is 12.8 Å². The van der Waals surface area contributed by atoms with Crippen LogP contribution in [0.15, 0.2) is 30.5 Å². The Kier molecular flexibility index (Phi) is 3.98. The van der Waals surface area contributed by atoms with Gasteiger partial charge in [0.1, 0.15) is 5.54 Å². The number of primary amides is 1. The van der Waals surface area contributed by atoms with Gasteiger partial charge < -0.3 is 21.4 Å². The first-order valence-electron chi connectivity index (χ1n) is 7.96. The molecular formula is C17H22N4O2. The van der Waals surface area contributed by atoms with Crippen LogP contribution in [0.4, 0.5) is 4.79 Å². The number of aromatic nitrogens is 1. The number of carbonyl (C=O) groups excluding carboxylic acids is 2. The van der Waals surface area contributed by atoms with Gasteiger partial charge in [0.25, 0.3) is 0 Å². The van der Waals surface area contributed by atoms with Crippen molar-refractivity contribution < 1.29 is 9.59 Å². The van der Waals surface area contributed by atoms with Gasteiger partial charge in [0.15, 0.2) is 0 Å². The molecule has 0 saturated heterocycles. The molecule has 0 bridgehead atoms. The minimum Gasteiger partial charge on any atom is -0.368 e. The lowest BCUT2D eigenvalue weighted by molar-refractivity contribution is -0.123. The third-order valence-corrected chi connectivity index (χ3v) is 4.71. The van der Waals surface area contributed by atoms with Gasteiger partial charge in [0.05, 0.1) is 6.04 Å². The minimum absolute atomic E-state index is 0.166. The van der Waals surface area contributed by atoms with Crippen LogP contribution in [-0.4, -0.2) is 22.5 Å². The fourth-order valence-electron chi connectivity index (χ4n) is 3.29. The SMILES string of the molecule is C[C@@H](NC(=O)NC1(C(N)=O)CCCC1)c1ccc2[nH]ccc2c1. The molecular weight excluding hydrogens is 292 g/mol. The number of H-pyrrole nitrogens is 1. The van der Waals surface area contributed by atoms with Gasteiger partial charge >= 0.3 is 6.03 Å². The van der Waals surface area contributed by atoms with Crippen LogP contribution in [0.25, 0.3) is 10.9 Å². The smallest absolute Gasteiger partial charge is 0.316 e. The number of nitrogens with two attached hydrogens (primary N) is 1. The Hall–Kier alpha value is -2.50. The molecule has 1 aliphatic rings. The lowest BCUT2D eigenvalue weighted by Crippen LogP contribution is -2.58. The predicted molar refractivity (Wildman–Crippen MR) is 88.8 cm³/mol. The molecule has 3 amide bonds. The number of aromatic amines is 1. The van der Waals surface area contributed by atoms with Crippen LogP contribution >= 0.6 is 0 Å². The fraction of sp³-hybridized carbons (Fsp3) is 0.412. The van der Waals surface area contributed by atoms with E-state index < -0.39 is 11.4 Å². The standard InChI is InChI=1S/C17H22N4O2/c1-11(12-4-5-14-13(10-12)6-9-19-14)20-16(23)21-17(15(18)22)7-2-3-8-17/h4-6,9-11,19H,2-3,7-8H2,1H3,(H2,18,22)(H2,20,21,23)/t11-/m1/s1. The lowest BCUT2D eigenvalue weighted by Gasteiger charge is -2.27. The van der Waals surface area contributed by atoms with Crippen molar-refractivity contribution in [2.24, 2.45) is 5.73 Å². The van der Waals surface area contributed by atoms with E-state index in [2.05, 4.69) is 15.6 Å². The molecule has 5 N–H and O–H groups in total. The number of fused-ring (bicyclic) bond motifs is 1. The van der Waals surface area contributed by atoms with Gasteiger partial charge in [0, 0.05) is 11.7 Å². The fourth-order valence-corrected chi connectivity index (χ4v) is 3.29. The van der Waals surface area contributed by atoms with Gasteiger partial charge in [-0.3, -0.25) is 4.79 Å². The minimum atomic E-state index is -0.894. The van der Waals surface area contributed by atoms with Crippen molar-refractivity contribution in [3.8, 4) is 0 Å². The summed E-state index contributed by atoms with van der Waals surface area (Å²) >= 11 is 0. The summed E-state index contributed by atoms with van der Waals surface area (Å²) in [6.45, 7) is 1.92. The summed E-state index contributed by atoms with van der Waals surface area (Å²) in [5.74, 6) is -0.452. The molecule has 23 heavy (non-hydrogen) atoms. The highest BCUT2D eigenvalue weighted by Crippen LogP contribution is 2.29. The third kappa shape index (κ3) is 3.02. The summed E-state index contributed by atoms with van der Waals surface area (Å²) in [4.78, 5) is 27.1. The largest absolute Gasteiger partial charge is 0.368 e. The van der Waals surface area contributed by atoms with Crippen molar-refractivity contribution in [3.63, 3.8) is 0 Å². The first kappa shape index (κ1) is 15.4. The van der Waals surface area contributed by atoms with Crippen LogP contribution in [0, 0.1) is 0 Å². The van der Waals surface area contributed by atoms with Gasteiger partial charge in [-0.25, -0.2) is 4.79 Å². The molecule has 1 saturated carbocycles. The normalized spacial score (nSPS) is 17.8. The molecule has 0 unspecified atom stereocenters. The first-order valence-corrected chi connectivity index (χ1v) is 7.96. The van der Waals surface area contributed by atoms with Gasteiger partial charge in [-0.1, -0.05) is 18.9 Å². The second-order valence-electron chi connectivity index (χ2n) is 6.30. The maximum absolute atomic E-state index is 12.3. The summed E-state index contributed by atoms with van der Waals surface area (Å²) in [6, 6.07) is 7.47. The molecule has 1 atom stereocenters. The maximum atomic E-state index is 12.3. The molecule has 3 rings (SSSR count). The van der Waals surface area contributed by atoms with Crippen LogP contribution in [0.3, 0.4) is 0 Å². The molecule has 122 valence electrons. The Bertz CT molecular complexity index is 731. The summed E-state index contributed by atoms with van der Waals surface area (Å²) in [6.07, 6.45) is 4.92. The van der Waals surface area contributed by atoms with Crippen LogP contribution in [0.1, 0.15) is 44.2 Å². The second-order valence-corrected chi connectivity index (χ2v) is 6.30. The molecule has 1 heterocycles. The zero-order valence-electron chi connectivity index (χ0n) is 13.2. The van der Waals surface area contributed by atoms with E-state index in [1.807, 2.05) is 37.4 Å². The number of hydrogen-bond acceptors (Lipinski definition) is 2. The lowest BCUT2D eigenvalue weighted by atomic mass is 9.97. The highest BCUT2D eigenvalue weighted by atomic mass is 16.2. The van der Waals surface area contributed by atoms with E-state index in [4.69, 9.17) is 5.73 Å². The first-order chi connectivity index (χ1) is 11.0. The summed E-state index contributed by atoms with van der Waals surface area (Å²) in [7, 11) is 0. The van der Waals surface area contributed by atoms with Gasteiger partial charge in [-0.05, 0) is 48.9 Å². The van der Waals surface area contributed by atoms with E-state index >= 15 is 0 Å². The number of urea groups is 1. The third-order valence-electron chi connectivity index (χ3n) is 4.71. The summed E-state index contributed by atoms with van der Waals surface area (Å²) < 4.78 is 0. The van der Waals surface area contributed by atoms with Crippen molar-refractivity contribution >= 4 is 22.8 Å². The number of nitrogens with one attached hydrogen (secondary N) is 3. The summed E-state index contributed by atoms with van der Waals surface area (Å²) in [5, 5.41) is 6.78. The van der Waals surface area contributed by atoms with Crippen molar-refractivity contribution in [1.29, 1.82) is 0 Å². The Morgan fingerprint density at radius 1 is 1.26 bits per heavy atom. The van der Waals surface area contributed by atoms with Crippen molar-refractivity contribution in [2.45, 2.75) is 44.2 Å². The Morgan fingerprint density at radius 3 is 2.70 bits per heavy atom.